The number of nitrogens with zero attached hydrogens (tertiary/aromatic N) is 1. The Hall–Kier alpha value is -0.150. The Morgan fingerprint density at radius 1 is 1.88 bits per heavy atom. The van der Waals surface area contributed by atoms with Crippen LogP contribution in [0, 0.1) is 0 Å². The number of halogens is 1. The topological polar surface area (TPSA) is 24.4 Å². The van der Waals surface area contributed by atoms with Crippen molar-refractivity contribution in [2.45, 2.75) is 6.92 Å². The largest absolute Gasteiger partial charge is 0.272 e. The summed E-state index contributed by atoms with van der Waals surface area (Å²) in [5.41, 5.74) is 2.47. The zero-order chi connectivity index (χ0) is 6.57. The van der Waals surface area contributed by atoms with E-state index >= 15 is 0 Å². The van der Waals surface area contributed by atoms with Crippen LogP contribution in [-0.4, -0.2) is 5.17 Å². The maximum absolute atomic E-state index is 5.33. The fourth-order valence-electron chi connectivity index (χ4n) is 0.142. The molecule has 0 aromatic carbocycles. The normalized spacial score (nSPS) is 11.1. The van der Waals surface area contributed by atoms with Crippen molar-refractivity contribution in [1.29, 1.82) is 0 Å². The summed E-state index contributed by atoms with van der Waals surface area (Å²) in [5.74, 6) is 0. The van der Waals surface area contributed by atoms with Crippen molar-refractivity contribution in [3.05, 3.63) is 11.6 Å². The molecule has 0 spiro atoms. The molecule has 0 atom stereocenters. The summed E-state index contributed by atoms with van der Waals surface area (Å²) in [6, 6.07) is 0. The monoisotopic (exact) mass is 150 g/mol. The van der Waals surface area contributed by atoms with Gasteiger partial charge in [0.2, 0.25) is 0 Å². The summed E-state index contributed by atoms with van der Waals surface area (Å²) >= 11 is 9.14. The van der Waals surface area contributed by atoms with E-state index in [9.17, 15) is 0 Å². The van der Waals surface area contributed by atoms with Gasteiger partial charge in [-0.3, -0.25) is 5.43 Å². The van der Waals surface area contributed by atoms with Crippen LogP contribution in [0.25, 0.3) is 0 Å². The minimum Gasteiger partial charge on any atom is -0.272 e. The molecule has 0 bridgehead atoms. The Labute approximate surface area is 59.0 Å². The molecular formula is C4H7ClN2S. The second-order valence-corrected chi connectivity index (χ2v) is 2.25. The molecule has 46 valence electrons. The second-order valence-electron chi connectivity index (χ2n) is 1.17. The van der Waals surface area contributed by atoms with Gasteiger partial charge in [-0.05, 0) is 6.92 Å². The van der Waals surface area contributed by atoms with Crippen LogP contribution in [0.15, 0.2) is 16.7 Å². The van der Waals surface area contributed by atoms with E-state index in [1.165, 1.54) is 0 Å². The van der Waals surface area contributed by atoms with E-state index in [0.717, 1.165) is 0 Å². The van der Waals surface area contributed by atoms with Gasteiger partial charge in [-0.15, -0.1) is 12.6 Å². The van der Waals surface area contributed by atoms with Gasteiger partial charge in [-0.2, -0.15) is 5.10 Å². The van der Waals surface area contributed by atoms with E-state index in [-0.39, 0.29) is 0 Å². The highest BCUT2D eigenvalue weighted by atomic mass is 35.5. The number of hydrogen-bond donors (Lipinski definition) is 2. The summed E-state index contributed by atoms with van der Waals surface area (Å²) < 4.78 is 0. The molecule has 1 N–H and O–H groups in total. The van der Waals surface area contributed by atoms with Gasteiger partial charge >= 0.3 is 0 Å². The lowest BCUT2D eigenvalue weighted by molar-refractivity contribution is 0.959. The average molecular weight is 151 g/mol. The Bertz CT molecular complexity index is 117. The smallest absolute Gasteiger partial charge is 0.123 e. The fraction of sp³-hybridized carbons (Fsp3) is 0.250. The SMILES string of the molecule is C=C(S)NN=C(C)Cl. The number of hydrogen-bond acceptors (Lipinski definition) is 3. The summed E-state index contributed by atoms with van der Waals surface area (Å²) in [7, 11) is 0. The molecule has 0 saturated heterocycles. The molecule has 0 radical (unpaired) electrons. The number of thiol groups is 1. The minimum atomic E-state index is 0.431. The standard InChI is InChI=1S/C4H7ClN2S/c1-3(5)6-7-4(2)8/h7-8H,2H2,1H3. The fourth-order valence-corrected chi connectivity index (χ4v) is 0.234. The van der Waals surface area contributed by atoms with Gasteiger partial charge < -0.3 is 0 Å². The van der Waals surface area contributed by atoms with Crippen LogP contribution in [0.4, 0.5) is 0 Å². The van der Waals surface area contributed by atoms with Crippen LogP contribution >= 0.6 is 24.2 Å². The van der Waals surface area contributed by atoms with Gasteiger partial charge in [-0.25, -0.2) is 0 Å². The van der Waals surface area contributed by atoms with Crippen molar-refractivity contribution in [3.63, 3.8) is 0 Å². The molecule has 0 aromatic rings. The quantitative estimate of drug-likeness (QED) is 0.349. The lowest BCUT2D eigenvalue weighted by Crippen LogP contribution is -1.99. The molecule has 4 heteroatoms. The van der Waals surface area contributed by atoms with Gasteiger partial charge in [0.15, 0.2) is 0 Å². The molecule has 2 nitrogen and oxygen atoms in total. The molecule has 0 fully saturated rings. The third-order valence-electron chi connectivity index (χ3n) is 0.339. The Kier molecular flexibility index (Phi) is 3.73. The molecule has 0 rings (SSSR count). The first-order valence-electron chi connectivity index (χ1n) is 1.96. The molecule has 8 heavy (non-hydrogen) atoms. The molecule has 0 amide bonds. The number of hydrazone groups is 1. The van der Waals surface area contributed by atoms with Crippen LogP contribution in [0.5, 0.6) is 0 Å². The summed E-state index contributed by atoms with van der Waals surface area (Å²) in [6.45, 7) is 5.07. The van der Waals surface area contributed by atoms with Crippen molar-refractivity contribution >= 4 is 29.4 Å². The van der Waals surface area contributed by atoms with Gasteiger partial charge in [0, 0.05) is 0 Å². The van der Waals surface area contributed by atoms with Crippen LogP contribution < -0.4 is 5.43 Å². The van der Waals surface area contributed by atoms with Gasteiger partial charge in [0.25, 0.3) is 0 Å². The van der Waals surface area contributed by atoms with E-state index in [4.69, 9.17) is 11.6 Å². The zero-order valence-corrected chi connectivity index (χ0v) is 6.13. The maximum atomic E-state index is 5.33. The molecule has 0 unspecified atom stereocenters. The minimum absolute atomic E-state index is 0.431. The molecule has 0 aromatic heterocycles. The van der Waals surface area contributed by atoms with Crippen LogP contribution in [-0.2, 0) is 0 Å². The molecule has 0 aliphatic carbocycles. The molecule has 0 aliphatic rings. The highest BCUT2D eigenvalue weighted by Gasteiger charge is 1.79. The van der Waals surface area contributed by atoms with Crippen LogP contribution in [0.2, 0.25) is 0 Å². The van der Waals surface area contributed by atoms with Gasteiger partial charge in [-0.1, -0.05) is 18.2 Å². The van der Waals surface area contributed by atoms with Crippen molar-refractivity contribution in [2.24, 2.45) is 5.10 Å². The van der Waals surface area contributed by atoms with Crippen molar-refractivity contribution in [1.82, 2.24) is 5.43 Å². The summed E-state index contributed by atoms with van der Waals surface area (Å²) in [5, 5.41) is 4.49. The first-order valence-corrected chi connectivity index (χ1v) is 2.79. The lowest BCUT2D eigenvalue weighted by Gasteiger charge is -1.92. The average Bonchev–Trinajstić information content (AvgIpc) is 1.61. The number of nitrogens with one attached hydrogen (secondary N) is 1. The lowest BCUT2D eigenvalue weighted by atomic mass is 10.9. The summed E-state index contributed by atoms with van der Waals surface area (Å²) in [6.07, 6.45) is 0. The van der Waals surface area contributed by atoms with E-state index < -0.39 is 0 Å². The van der Waals surface area contributed by atoms with E-state index in [1.807, 2.05) is 0 Å². The third-order valence-corrected chi connectivity index (χ3v) is 0.524. The van der Waals surface area contributed by atoms with E-state index in [2.05, 4.69) is 29.7 Å². The van der Waals surface area contributed by atoms with Crippen molar-refractivity contribution in [3.8, 4) is 0 Å². The molecule has 0 aliphatic heterocycles. The predicted molar refractivity (Wildman–Crippen MR) is 40.2 cm³/mol. The maximum Gasteiger partial charge on any atom is 0.123 e. The first-order chi connectivity index (χ1) is 3.63. The first kappa shape index (κ1) is 7.85. The number of rotatable bonds is 2. The molecular weight excluding hydrogens is 144 g/mol. The van der Waals surface area contributed by atoms with E-state index in [0.29, 0.717) is 10.2 Å². The molecule has 0 saturated carbocycles. The van der Waals surface area contributed by atoms with Crippen LogP contribution in [0.1, 0.15) is 6.92 Å². The van der Waals surface area contributed by atoms with Crippen molar-refractivity contribution < 1.29 is 0 Å². The zero-order valence-electron chi connectivity index (χ0n) is 4.48. The highest BCUT2D eigenvalue weighted by molar-refractivity contribution is 7.84. The Morgan fingerprint density at radius 3 is 2.50 bits per heavy atom. The van der Waals surface area contributed by atoms with Crippen LogP contribution in [0.3, 0.4) is 0 Å². The van der Waals surface area contributed by atoms with Gasteiger partial charge in [0.1, 0.15) is 5.17 Å². The second kappa shape index (κ2) is 3.80. The molecule has 0 heterocycles. The van der Waals surface area contributed by atoms with Gasteiger partial charge in [0.05, 0.1) is 5.03 Å². The Balaban J connectivity index is 3.45. The predicted octanol–water partition coefficient (Wildman–Crippen LogP) is 1.55. The highest BCUT2D eigenvalue weighted by Crippen LogP contribution is 1.88. The third kappa shape index (κ3) is 5.85. The van der Waals surface area contributed by atoms with Crippen molar-refractivity contribution in [2.75, 3.05) is 0 Å². The Morgan fingerprint density at radius 2 is 2.38 bits per heavy atom. The van der Waals surface area contributed by atoms with E-state index in [1.54, 1.807) is 6.92 Å². The summed E-state index contributed by atoms with van der Waals surface area (Å²) in [4.78, 5) is 0.